The van der Waals surface area contributed by atoms with E-state index in [-0.39, 0.29) is 21.7 Å². The third kappa shape index (κ3) is 277. The molecular formula is C10H24Ti. The van der Waals surface area contributed by atoms with Crippen LogP contribution in [0.1, 0.15) is 40.5 Å². The zero-order valence-corrected chi connectivity index (χ0v) is 10.3. The van der Waals surface area contributed by atoms with Gasteiger partial charge in [-0.25, -0.2) is 0 Å². The first-order valence-electron chi connectivity index (χ1n) is 3.83. The minimum Gasteiger partial charge on any atom is -0.346 e. The molecule has 0 heterocycles. The molecule has 0 atom stereocenters. The van der Waals surface area contributed by atoms with Crippen molar-refractivity contribution in [2.45, 2.75) is 40.5 Å². The fourth-order valence-electron chi connectivity index (χ4n) is 0. The first kappa shape index (κ1) is 29.8. The van der Waals surface area contributed by atoms with Gasteiger partial charge in [-0.15, -0.1) is 0 Å². The molecule has 0 aromatic carbocycles. The Kier molecular flexibility index (Phi) is 372. The molecule has 0 unspecified atom stereocenters. The molecule has 11 heavy (non-hydrogen) atoms. The van der Waals surface area contributed by atoms with E-state index in [4.69, 9.17) is 0 Å². The monoisotopic (exact) mass is 192 g/mol. The van der Waals surface area contributed by atoms with Crippen LogP contribution in [0.5, 0.6) is 0 Å². The minimum atomic E-state index is 0. The summed E-state index contributed by atoms with van der Waals surface area (Å²) in [4.78, 5) is 0. The van der Waals surface area contributed by atoms with E-state index in [2.05, 4.69) is 34.6 Å². The first-order valence-corrected chi connectivity index (χ1v) is 3.83. The van der Waals surface area contributed by atoms with Crippen LogP contribution in [0.25, 0.3) is 0 Å². The standard InChI is InChI=1S/C4H9.3C2H5.Ti/c1-3-4-2;3*1-2;/h1,3-4H2,2H3;3*1H2,2H3;/q4*-1;+4. The van der Waals surface area contributed by atoms with E-state index in [1.165, 1.54) is 6.42 Å². The van der Waals surface area contributed by atoms with Crippen LogP contribution in [0, 0.1) is 27.7 Å². The van der Waals surface area contributed by atoms with Crippen LogP contribution >= 0.6 is 0 Å². The average molecular weight is 192 g/mol. The number of unbranched alkanes of at least 4 members (excludes halogenated alkanes) is 1. The van der Waals surface area contributed by atoms with E-state index in [1.54, 1.807) is 20.8 Å². The van der Waals surface area contributed by atoms with Crippen LogP contribution < -0.4 is 0 Å². The van der Waals surface area contributed by atoms with Crippen molar-refractivity contribution in [2.24, 2.45) is 0 Å². The molecule has 1 heteroatoms. The zero-order valence-electron chi connectivity index (χ0n) is 8.74. The fraction of sp³-hybridized carbons (Fsp3) is 0.600. The van der Waals surface area contributed by atoms with Crippen LogP contribution in [0.3, 0.4) is 0 Å². The van der Waals surface area contributed by atoms with E-state index in [0.717, 1.165) is 6.42 Å². The molecule has 0 bridgehead atoms. The molecule has 0 saturated carbocycles. The summed E-state index contributed by atoms with van der Waals surface area (Å²) in [7, 11) is 0. The summed E-state index contributed by atoms with van der Waals surface area (Å²) in [5.74, 6) is 0. The summed E-state index contributed by atoms with van der Waals surface area (Å²) in [6.45, 7) is 20.7. The van der Waals surface area contributed by atoms with Gasteiger partial charge in [-0.2, -0.15) is 27.2 Å². The Labute approximate surface area is 90.0 Å². The molecule has 0 aliphatic carbocycles. The molecule has 0 saturated heterocycles. The largest absolute Gasteiger partial charge is 4.00 e. The molecule has 0 aromatic heterocycles. The van der Waals surface area contributed by atoms with Gasteiger partial charge in [-0.3, -0.25) is 0 Å². The summed E-state index contributed by atoms with van der Waals surface area (Å²) in [6.07, 6.45) is 2.28. The molecule has 0 aromatic rings. The minimum absolute atomic E-state index is 0. The van der Waals surface area contributed by atoms with Crippen LogP contribution in [-0.4, -0.2) is 0 Å². The second-order valence-corrected chi connectivity index (χ2v) is 0.854. The van der Waals surface area contributed by atoms with E-state index >= 15 is 0 Å². The van der Waals surface area contributed by atoms with Crippen molar-refractivity contribution in [1.82, 2.24) is 0 Å². The molecule has 0 N–H and O–H groups in total. The number of rotatable bonds is 1. The van der Waals surface area contributed by atoms with Crippen LogP contribution in [0.2, 0.25) is 0 Å². The van der Waals surface area contributed by atoms with Crippen molar-refractivity contribution in [3.8, 4) is 0 Å². The topological polar surface area (TPSA) is 0 Å². The number of hydrogen-bond donors (Lipinski definition) is 0. The van der Waals surface area contributed by atoms with E-state index in [1.807, 2.05) is 0 Å². The third-order valence-electron chi connectivity index (χ3n) is 0.354. The Morgan fingerprint density at radius 2 is 0.909 bits per heavy atom. The van der Waals surface area contributed by atoms with Gasteiger partial charge in [-0.05, 0) is 0 Å². The van der Waals surface area contributed by atoms with Crippen molar-refractivity contribution in [2.75, 3.05) is 0 Å². The molecule has 0 nitrogen and oxygen atoms in total. The molecule has 0 aliphatic heterocycles. The van der Waals surface area contributed by atoms with Crippen molar-refractivity contribution >= 4 is 0 Å². The predicted octanol–water partition coefficient (Wildman–Crippen LogP) is 4.14. The van der Waals surface area contributed by atoms with Gasteiger partial charge in [0.1, 0.15) is 0 Å². The quantitative estimate of drug-likeness (QED) is 0.432. The number of hydrogen-bond acceptors (Lipinski definition) is 0. The van der Waals surface area contributed by atoms with Gasteiger partial charge in [0.2, 0.25) is 0 Å². The van der Waals surface area contributed by atoms with Gasteiger partial charge in [0, 0.05) is 0 Å². The maximum atomic E-state index is 3.60. The van der Waals surface area contributed by atoms with Gasteiger partial charge in [0.15, 0.2) is 0 Å². The summed E-state index contributed by atoms with van der Waals surface area (Å²) >= 11 is 0. The van der Waals surface area contributed by atoms with Gasteiger partial charge in [0.05, 0.1) is 0 Å². The van der Waals surface area contributed by atoms with Crippen molar-refractivity contribution in [3.05, 3.63) is 27.7 Å². The van der Waals surface area contributed by atoms with Gasteiger partial charge < -0.3 is 27.7 Å². The van der Waals surface area contributed by atoms with Crippen LogP contribution in [0.4, 0.5) is 0 Å². The Bertz CT molecular complexity index is 6.83. The second kappa shape index (κ2) is 137. The zero-order chi connectivity index (χ0) is 9.41. The van der Waals surface area contributed by atoms with Crippen LogP contribution in [0.15, 0.2) is 0 Å². The maximum Gasteiger partial charge on any atom is 4.00 e. The summed E-state index contributed by atoms with van der Waals surface area (Å²) in [5.41, 5.74) is 0. The van der Waals surface area contributed by atoms with Crippen molar-refractivity contribution < 1.29 is 21.7 Å². The molecule has 0 amide bonds. The van der Waals surface area contributed by atoms with Crippen molar-refractivity contribution in [3.63, 3.8) is 0 Å². The third-order valence-corrected chi connectivity index (χ3v) is 0.354. The molecule has 0 aliphatic rings. The fourth-order valence-corrected chi connectivity index (χ4v) is 0. The molecule has 68 valence electrons. The molecule has 0 radical (unpaired) electrons. The van der Waals surface area contributed by atoms with Gasteiger partial charge >= 0.3 is 21.7 Å². The van der Waals surface area contributed by atoms with Gasteiger partial charge in [-0.1, -0.05) is 13.3 Å². The van der Waals surface area contributed by atoms with E-state index < -0.39 is 0 Å². The second-order valence-electron chi connectivity index (χ2n) is 0.854. The SMILES string of the molecule is [CH2-]C.[CH2-]C.[CH2-]C.[CH2-]CCC.[Ti+4]. The Balaban J connectivity index is -0.0000000152. The van der Waals surface area contributed by atoms with E-state index in [9.17, 15) is 0 Å². The summed E-state index contributed by atoms with van der Waals surface area (Å²) in [5, 5.41) is 0. The normalized spacial score (nSPS) is 4.36. The van der Waals surface area contributed by atoms with Crippen molar-refractivity contribution in [1.29, 1.82) is 0 Å². The molecule has 0 rings (SSSR count). The summed E-state index contributed by atoms with van der Waals surface area (Å²) < 4.78 is 0. The Morgan fingerprint density at radius 3 is 0.909 bits per heavy atom. The summed E-state index contributed by atoms with van der Waals surface area (Å²) in [6, 6.07) is 0. The average Bonchev–Trinajstić information content (AvgIpc) is 2.14. The first-order chi connectivity index (χ1) is 4.91. The molecule has 0 fully saturated rings. The Morgan fingerprint density at radius 1 is 0.818 bits per heavy atom. The maximum absolute atomic E-state index is 3.60. The molecule has 0 spiro atoms. The smallest absolute Gasteiger partial charge is 0.346 e. The van der Waals surface area contributed by atoms with E-state index in [0.29, 0.717) is 0 Å². The Hall–Kier alpha value is 0.714. The van der Waals surface area contributed by atoms with Gasteiger partial charge in [0.25, 0.3) is 0 Å². The van der Waals surface area contributed by atoms with Crippen LogP contribution in [-0.2, 0) is 21.7 Å². The molecular weight excluding hydrogens is 168 g/mol. The predicted molar refractivity (Wildman–Crippen MR) is 53.4 cm³/mol.